The van der Waals surface area contributed by atoms with E-state index >= 15 is 0 Å². The highest BCUT2D eigenvalue weighted by Crippen LogP contribution is 2.16. The maximum atomic E-state index is 10.1. The Labute approximate surface area is 122 Å². The number of aliphatic hydroxyl groups is 1. The first-order valence-electron chi connectivity index (χ1n) is 6.59. The Bertz CT molecular complexity index is 386. The number of morpholine rings is 1. The quantitative estimate of drug-likeness (QED) is 0.857. The molecule has 2 N–H and O–H groups in total. The molecule has 1 aromatic rings. The van der Waals surface area contributed by atoms with Crippen LogP contribution in [-0.4, -0.2) is 55.9 Å². The second kappa shape index (κ2) is 7.36. The van der Waals surface area contributed by atoms with E-state index in [1.54, 1.807) is 0 Å². The summed E-state index contributed by atoms with van der Waals surface area (Å²) in [6.07, 6.45) is -0.259. The molecule has 2 atom stereocenters. The van der Waals surface area contributed by atoms with Gasteiger partial charge < -0.3 is 20.1 Å². The molecule has 1 fully saturated rings. The Hall–Kier alpha value is -0.460. The molecular formula is C14H21BrN2O2. The summed E-state index contributed by atoms with van der Waals surface area (Å²) in [6, 6.07) is 7.75. The van der Waals surface area contributed by atoms with Crippen LogP contribution in [0.2, 0.25) is 0 Å². The van der Waals surface area contributed by atoms with E-state index in [2.05, 4.69) is 33.2 Å². The lowest BCUT2D eigenvalue weighted by molar-refractivity contribution is -0.0191. The van der Waals surface area contributed by atoms with Crippen LogP contribution in [0.15, 0.2) is 28.7 Å². The van der Waals surface area contributed by atoms with Crippen LogP contribution in [0.5, 0.6) is 0 Å². The van der Waals surface area contributed by atoms with Gasteiger partial charge in [0.05, 0.1) is 18.8 Å². The minimum atomic E-state index is -0.477. The summed E-state index contributed by atoms with van der Waals surface area (Å²) in [5.41, 5.74) is 0.928. The number of benzene rings is 1. The molecule has 0 spiro atoms. The van der Waals surface area contributed by atoms with Crippen LogP contribution in [-0.2, 0) is 4.74 Å². The predicted octanol–water partition coefficient (Wildman–Crippen LogP) is 1.40. The van der Waals surface area contributed by atoms with Crippen molar-refractivity contribution in [3.05, 3.63) is 34.3 Å². The van der Waals surface area contributed by atoms with Crippen LogP contribution in [0.4, 0.5) is 0 Å². The molecule has 106 valence electrons. The molecule has 5 heteroatoms. The van der Waals surface area contributed by atoms with Gasteiger partial charge in [-0.15, -0.1) is 0 Å². The Morgan fingerprint density at radius 2 is 2.21 bits per heavy atom. The molecule has 1 saturated heterocycles. The lowest BCUT2D eigenvalue weighted by atomic mass is 10.1. The number of aliphatic hydroxyl groups excluding tert-OH is 1. The van der Waals surface area contributed by atoms with Crippen molar-refractivity contribution >= 4 is 15.9 Å². The van der Waals surface area contributed by atoms with Crippen molar-refractivity contribution in [1.82, 2.24) is 10.2 Å². The lowest BCUT2D eigenvalue weighted by Gasteiger charge is -2.30. The summed E-state index contributed by atoms with van der Waals surface area (Å²) >= 11 is 3.39. The molecule has 0 unspecified atom stereocenters. The van der Waals surface area contributed by atoms with Crippen LogP contribution in [0.3, 0.4) is 0 Å². The fraction of sp³-hybridized carbons (Fsp3) is 0.571. The number of nitrogens with zero attached hydrogens (tertiary/aromatic N) is 1. The van der Waals surface area contributed by atoms with Crippen molar-refractivity contribution in [2.75, 3.05) is 39.8 Å². The zero-order valence-corrected chi connectivity index (χ0v) is 12.8. The van der Waals surface area contributed by atoms with Gasteiger partial charge in [-0.2, -0.15) is 0 Å². The first-order valence-corrected chi connectivity index (χ1v) is 7.39. The Morgan fingerprint density at radius 1 is 1.47 bits per heavy atom. The molecule has 1 aliphatic heterocycles. The van der Waals surface area contributed by atoms with Gasteiger partial charge in [-0.1, -0.05) is 28.1 Å². The van der Waals surface area contributed by atoms with Gasteiger partial charge in [-0.3, -0.25) is 0 Å². The summed E-state index contributed by atoms with van der Waals surface area (Å²) in [5, 5.41) is 13.3. The Morgan fingerprint density at radius 3 is 2.89 bits per heavy atom. The first-order chi connectivity index (χ1) is 9.15. The smallest absolute Gasteiger partial charge is 0.0914 e. The maximum Gasteiger partial charge on any atom is 0.0914 e. The molecular weight excluding hydrogens is 308 g/mol. The number of likely N-dealkylation sites (N-methyl/N-ethyl adjacent to an activating group) is 1. The van der Waals surface area contributed by atoms with Crippen molar-refractivity contribution in [2.45, 2.75) is 12.2 Å². The van der Waals surface area contributed by atoms with E-state index in [1.807, 2.05) is 24.3 Å². The number of ether oxygens (including phenoxy) is 1. The average molecular weight is 329 g/mol. The summed E-state index contributed by atoms with van der Waals surface area (Å²) in [7, 11) is 2.10. The molecule has 1 aliphatic rings. The highest BCUT2D eigenvalue weighted by molar-refractivity contribution is 9.10. The van der Waals surface area contributed by atoms with E-state index in [4.69, 9.17) is 4.74 Å². The zero-order chi connectivity index (χ0) is 13.7. The first kappa shape index (κ1) is 14.9. The SMILES string of the molecule is CN1CCO[C@H](CNC[C@@H](O)c2ccc(Br)cc2)C1. The Kier molecular flexibility index (Phi) is 5.78. The molecule has 0 bridgehead atoms. The van der Waals surface area contributed by atoms with Crippen molar-refractivity contribution < 1.29 is 9.84 Å². The predicted molar refractivity (Wildman–Crippen MR) is 79.2 cm³/mol. The number of hydrogen-bond acceptors (Lipinski definition) is 4. The second-order valence-electron chi connectivity index (χ2n) is 4.98. The summed E-state index contributed by atoms with van der Waals surface area (Å²) in [5.74, 6) is 0. The fourth-order valence-corrected chi connectivity index (χ4v) is 2.44. The van der Waals surface area contributed by atoms with Gasteiger partial charge in [0, 0.05) is 30.7 Å². The van der Waals surface area contributed by atoms with Gasteiger partial charge in [-0.25, -0.2) is 0 Å². The second-order valence-corrected chi connectivity index (χ2v) is 5.90. The monoisotopic (exact) mass is 328 g/mol. The van der Waals surface area contributed by atoms with Crippen LogP contribution < -0.4 is 5.32 Å². The average Bonchev–Trinajstić information content (AvgIpc) is 2.39. The van der Waals surface area contributed by atoms with E-state index in [1.165, 1.54) is 0 Å². The third-order valence-corrected chi connectivity index (χ3v) is 3.84. The van der Waals surface area contributed by atoms with E-state index in [9.17, 15) is 5.11 Å². The van der Waals surface area contributed by atoms with E-state index in [-0.39, 0.29) is 6.10 Å². The van der Waals surface area contributed by atoms with Crippen molar-refractivity contribution in [1.29, 1.82) is 0 Å². The largest absolute Gasteiger partial charge is 0.387 e. The maximum absolute atomic E-state index is 10.1. The van der Waals surface area contributed by atoms with Gasteiger partial charge in [0.15, 0.2) is 0 Å². The molecule has 0 radical (unpaired) electrons. The minimum Gasteiger partial charge on any atom is -0.387 e. The topological polar surface area (TPSA) is 44.7 Å². The van der Waals surface area contributed by atoms with Crippen molar-refractivity contribution in [3.63, 3.8) is 0 Å². The Balaban J connectivity index is 1.71. The number of rotatable bonds is 5. The number of hydrogen-bond donors (Lipinski definition) is 2. The summed E-state index contributed by atoms with van der Waals surface area (Å²) < 4.78 is 6.68. The van der Waals surface area contributed by atoms with Gasteiger partial charge in [0.1, 0.15) is 0 Å². The molecule has 4 nitrogen and oxygen atoms in total. The highest BCUT2D eigenvalue weighted by Gasteiger charge is 2.17. The van der Waals surface area contributed by atoms with Gasteiger partial charge >= 0.3 is 0 Å². The van der Waals surface area contributed by atoms with Crippen LogP contribution in [0.1, 0.15) is 11.7 Å². The molecule has 1 heterocycles. The minimum absolute atomic E-state index is 0.218. The molecule has 19 heavy (non-hydrogen) atoms. The third-order valence-electron chi connectivity index (χ3n) is 3.31. The summed E-state index contributed by atoms with van der Waals surface area (Å²) in [6.45, 7) is 4.06. The highest BCUT2D eigenvalue weighted by atomic mass is 79.9. The van der Waals surface area contributed by atoms with E-state index in [0.717, 1.165) is 36.3 Å². The third kappa shape index (κ3) is 4.85. The molecule has 0 aromatic heterocycles. The van der Waals surface area contributed by atoms with Gasteiger partial charge in [0.25, 0.3) is 0 Å². The van der Waals surface area contributed by atoms with E-state index < -0.39 is 6.10 Å². The molecule has 1 aromatic carbocycles. The van der Waals surface area contributed by atoms with Gasteiger partial charge in [0.2, 0.25) is 0 Å². The van der Waals surface area contributed by atoms with Crippen LogP contribution in [0.25, 0.3) is 0 Å². The number of halogens is 1. The zero-order valence-electron chi connectivity index (χ0n) is 11.2. The normalized spacial score (nSPS) is 22.4. The number of nitrogens with one attached hydrogen (secondary N) is 1. The van der Waals surface area contributed by atoms with Crippen LogP contribution in [0, 0.1) is 0 Å². The van der Waals surface area contributed by atoms with Crippen LogP contribution >= 0.6 is 15.9 Å². The van der Waals surface area contributed by atoms with Crippen molar-refractivity contribution in [2.24, 2.45) is 0 Å². The summed E-state index contributed by atoms with van der Waals surface area (Å²) in [4.78, 5) is 2.26. The molecule has 0 saturated carbocycles. The molecule has 0 amide bonds. The molecule has 0 aliphatic carbocycles. The van der Waals surface area contributed by atoms with Crippen molar-refractivity contribution in [3.8, 4) is 0 Å². The lowest BCUT2D eigenvalue weighted by Crippen LogP contribution is -2.45. The van der Waals surface area contributed by atoms with Gasteiger partial charge in [-0.05, 0) is 24.7 Å². The fourth-order valence-electron chi connectivity index (χ4n) is 2.17. The molecule has 2 rings (SSSR count). The standard InChI is InChI=1S/C14H21BrN2O2/c1-17-6-7-19-13(10-17)8-16-9-14(18)11-2-4-12(15)5-3-11/h2-5,13-14,16,18H,6-10H2,1H3/t13-,14-/m1/s1. The van der Waals surface area contributed by atoms with E-state index in [0.29, 0.717) is 6.54 Å².